The van der Waals surface area contributed by atoms with Crippen molar-refractivity contribution in [3.8, 4) is 0 Å². The molecule has 1 atom stereocenters. The Kier molecular flexibility index (Phi) is 6.93. The van der Waals surface area contributed by atoms with Crippen molar-refractivity contribution >= 4 is 18.2 Å². The standard InChI is InChI=1S/C10H15F3N4.ClH/c1-3-14-7(2)4-16-9-6-15-8(5-17-9)10(11,12)13;/h5-7,14H,3-4H2,1-2H3,(H,16,17);1H. The molecule has 4 nitrogen and oxygen atoms in total. The summed E-state index contributed by atoms with van der Waals surface area (Å²) in [5.41, 5.74) is -0.984. The molecule has 0 aliphatic carbocycles. The van der Waals surface area contributed by atoms with Crippen molar-refractivity contribution in [3.05, 3.63) is 18.1 Å². The molecule has 0 saturated heterocycles. The minimum Gasteiger partial charge on any atom is -0.367 e. The van der Waals surface area contributed by atoms with Crippen LogP contribution in [0.1, 0.15) is 19.5 Å². The van der Waals surface area contributed by atoms with E-state index in [1.807, 2.05) is 13.8 Å². The smallest absolute Gasteiger partial charge is 0.367 e. The number of hydrogen-bond donors (Lipinski definition) is 2. The summed E-state index contributed by atoms with van der Waals surface area (Å²) in [7, 11) is 0. The highest BCUT2D eigenvalue weighted by Gasteiger charge is 2.32. The van der Waals surface area contributed by atoms with E-state index in [9.17, 15) is 13.2 Å². The third-order valence-electron chi connectivity index (χ3n) is 2.08. The first-order chi connectivity index (χ1) is 7.93. The topological polar surface area (TPSA) is 49.8 Å². The molecule has 0 aliphatic heterocycles. The summed E-state index contributed by atoms with van der Waals surface area (Å²) < 4.78 is 36.6. The van der Waals surface area contributed by atoms with Gasteiger partial charge in [-0.3, -0.25) is 0 Å². The van der Waals surface area contributed by atoms with Crippen LogP contribution in [-0.2, 0) is 6.18 Å². The zero-order valence-corrected chi connectivity index (χ0v) is 10.9. The molecule has 1 unspecified atom stereocenters. The molecule has 2 N–H and O–H groups in total. The molecule has 1 aromatic heterocycles. The summed E-state index contributed by atoms with van der Waals surface area (Å²) in [4.78, 5) is 6.96. The molecule has 1 aromatic rings. The molecule has 0 saturated carbocycles. The van der Waals surface area contributed by atoms with Crippen molar-refractivity contribution in [1.82, 2.24) is 15.3 Å². The Morgan fingerprint density at radius 3 is 2.39 bits per heavy atom. The van der Waals surface area contributed by atoms with E-state index in [0.717, 1.165) is 18.9 Å². The SMILES string of the molecule is CCNC(C)CNc1cnc(C(F)(F)F)cn1.Cl. The molecule has 1 rings (SSSR count). The van der Waals surface area contributed by atoms with Crippen LogP contribution in [0.3, 0.4) is 0 Å². The summed E-state index contributed by atoms with van der Waals surface area (Å²) in [5, 5.41) is 6.07. The number of hydrogen-bond acceptors (Lipinski definition) is 4. The van der Waals surface area contributed by atoms with Gasteiger partial charge in [-0.15, -0.1) is 12.4 Å². The number of alkyl halides is 3. The van der Waals surface area contributed by atoms with Crippen molar-refractivity contribution in [2.24, 2.45) is 0 Å². The zero-order chi connectivity index (χ0) is 12.9. The van der Waals surface area contributed by atoms with Crippen molar-refractivity contribution in [2.75, 3.05) is 18.4 Å². The molecule has 0 aromatic carbocycles. The van der Waals surface area contributed by atoms with Gasteiger partial charge in [0.2, 0.25) is 0 Å². The van der Waals surface area contributed by atoms with E-state index in [4.69, 9.17) is 0 Å². The highest BCUT2D eigenvalue weighted by Crippen LogP contribution is 2.26. The second-order valence-corrected chi connectivity index (χ2v) is 3.62. The largest absolute Gasteiger partial charge is 0.434 e. The van der Waals surface area contributed by atoms with Crippen LogP contribution in [0.15, 0.2) is 12.4 Å². The second kappa shape index (κ2) is 7.38. The van der Waals surface area contributed by atoms with Gasteiger partial charge in [-0.05, 0) is 13.5 Å². The van der Waals surface area contributed by atoms with E-state index in [-0.39, 0.29) is 18.4 Å². The van der Waals surface area contributed by atoms with Gasteiger partial charge in [-0.1, -0.05) is 6.92 Å². The van der Waals surface area contributed by atoms with Gasteiger partial charge >= 0.3 is 6.18 Å². The number of anilines is 1. The molecule has 1 heterocycles. The van der Waals surface area contributed by atoms with Crippen LogP contribution in [0.2, 0.25) is 0 Å². The Balaban J connectivity index is 0.00000289. The van der Waals surface area contributed by atoms with Crippen LogP contribution in [0.4, 0.5) is 19.0 Å². The fourth-order valence-electron chi connectivity index (χ4n) is 1.24. The molecule has 0 fully saturated rings. The predicted molar refractivity (Wildman–Crippen MR) is 65.9 cm³/mol. The molecule has 18 heavy (non-hydrogen) atoms. The molecule has 0 bridgehead atoms. The number of halogens is 4. The summed E-state index contributed by atoms with van der Waals surface area (Å²) in [6.07, 6.45) is -2.63. The van der Waals surface area contributed by atoms with Crippen LogP contribution in [0.25, 0.3) is 0 Å². The van der Waals surface area contributed by atoms with Crippen LogP contribution >= 0.6 is 12.4 Å². The fraction of sp³-hybridized carbons (Fsp3) is 0.600. The maximum atomic E-state index is 12.2. The van der Waals surface area contributed by atoms with Gasteiger partial charge in [0.1, 0.15) is 5.82 Å². The third-order valence-corrected chi connectivity index (χ3v) is 2.08. The van der Waals surface area contributed by atoms with Crippen LogP contribution in [0.5, 0.6) is 0 Å². The van der Waals surface area contributed by atoms with Crippen molar-refractivity contribution in [2.45, 2.75) is 26.1 Å². The van der Waals surface area contributed by atoms with Gasteiger partial charge in [0.05, 0.1) is 12.4 Å². The van der Waals surface area contributed by atoms with Gasteiger partial charge in [0, 0.05) is 12.6 Å². The lowest BCUT2D eigenvalue weighted by Gasteiger charge is -2.13. The van der Waals surface area contributed by atoms with Gasteiger partial charge in [0.15, 0.2) is 5.69 Å². The van der Waals surface area contributed by atoms with Crippen molar-refractivity contribution < 1.29 is 13.2 Å². The van der Waals surface area contributed by atoms with Crippen LogP contribution in [-0.4, -0.2) is 29.1 Å². The van der Waals surface area contributed by atoms with Crippen molar-refractivity contribution in [1.29, 1.82) is 0 Å². The number of nitrogens with zero attached hydrogens (tertiary/aromatic N) is 2. The minimum atomic E-state index is -4.44. The normalized spacial score (nSPS) is 12.7. The van der Waals surface area contributed by atoms with Crippen molar-refractivity contribution in [3.63, 3.8) is 0 Å². The first-order valence-corrected chi connectivity index (χ1v) is 5.30. The first-order valence-electron chi connectivity index (χ1n) is 5.30. The van der Waals surface area contributed by atoms with Crippen LogP contribution in [0, 0.1) is 0 Å². The number of aromatic nitrogens is 2. The average Bonchev–Trinajstić information content (AvgIpc) is 2.26. The predicted octanol–water partition coefficient (Wildman–Crippen LogP) is 2.33. The lowest BCUT2D eigenvalue weighted by molar-refractivity contribution is -0.141. The molecular weight excluding hydrogens is 269 g/mol. The Bertz CT molecular complexity index is 342. The number of likely N-dealkylation sites (N-methyl/N-ethyl adjacent to an activating group) is 1. The monoisotopic (exact) mass is 284 g/mol. The second-order valence-electron chi connectivity index (χ2n) is 3.62. The molecule has 0 radical (unpaired) electrons. The van der Waals surface area contributed by atoms with E-state index < -0.39 is 11.9 Å². The molecule has 0 amide bonds. The number of rotatable bonds is 5. The lowest BCUT2D eigenvalue weighted by Crippen LogP contribution is -2.32. The third kappa shape index (κ3) is 5.50. The lowest BCUT2D eigenvalue weighted by atomic mass is 10.3. The Labute approximate surface area is 110 Å². The zero-order valence-electron chi connectivity index (χ0n) is 10.1. The van der Waals surface area contributed by atoms with Crippen LogP contribution < -0.4 is 10.6 Å². The fourth-order valence-corrected chi connectivity index (χ4v) is 1.24. The van der Waals surface area contributed by atoms with Gasteiger partial charge < -0.3 is 10.6 Å². The van der Waals surface area contributed by atoms with E-state index in [2.05, 4.69) is 20.6 Å². The Morgan fingerprint density at radius 2 is 1.94 bits per heavy atom. The van der Waals surface area contributed by atoms with Gasteiger partial charge in [-0.25, -0.2) is 9.97 Å². The summed E-state index contributed by atoms with van der Waals surface area (Å²) in [5.74, 6) is 0.336. The molecule has 104 valence electrons. The summed E-state index contributed by atoms with van der Waals surface area (Å²) in [6, 6.07) is 0.212. The molecule has 0 spiro atoms. The molecular formula is C10H16ClF3N4. The minimum absolute atomic E-state index is 0. The Hall–Kier alpha value is -1.08. The van der Waals surface area contributed by atoms with E-state index >= 15 is 0 Å². The maximum Gasteiger partial charge on any atom is 0.434 e. The quantitative estimate of drug-likeness (QED) is 0.871. The summed E-state index contributed by atoms with van der Waals surface area (Å²) >= 11 is 0. The Morgan fingerprint density at radius 1 is 1.28 bits per heavy atom. The molecule has 0 aliphatic rings. The first kappa shape index (κ1) is 16.9. The highest BCUT2D eigenvalue weighted by molar-refractivity contribution is 5.85. The van der Waals surface area contributed by atoms with Gasteiger partial charge in [0.25, 0.3) is 0 Å². The van der Waals surface area contributed by atoms with E-state index in [1.54, 1.807) is 0 Å². The summed E-state index contributed by atoms with van der Waals surface area (Å²) in [6.45, 7) is 5.36. The maximum absolute atomic E-state index is 12.2. The molecule has 8 heteroatoms. The van der Waals surface area contributed by atoms with Gasteiger partial charge in [-0.2, -0.15) is 13.2 Å². The highest BCUT2D eigenvalue weighted by atomic mass is 35.5. The number of nitrogens with one attached hydrogen (secondary N) is 2. The average molecular weight is 285 g/mol. The van der Waals surface area contributed by atoms with E-state index in [0.29, 0.717) is 12.4 Å². The van der Waals surface area contributed by atoms with E-state index in [1.165, 1.54) is 0 Å².